The van der Waals surface area contributed by atoms with Gasteiger partial charge < -0.3 is 26.0 Å². The maximum absolute atomic E-state index is 6.21. The minimum Gasteiger partial charge on any atom is -0.381 e. The third kappa shape index (κ3) is 5.50. The van der Waals surface area contributed by atoms with Gasteiger partial charge in [-0.3, -0.25) is 4.90 Å². The van der Waals surface area contributed by atoms with Crippen molar-refractivity contribution in [2.75, 3.05) is 65.6 Å². The van der Waals surface area contributed by atoms with Gasteiger partial charge in [-0.15, -0.1) is 0 Å². The quantitative estimate of drug-likeness (QED) is 0.687. The minimum absolute atomic E-state index is 0.192. The van der Waals surface area contributed by atoms with E-state index in [9.17, 15) is 0 Å². The molecule has 30 heavy (non-hydrogen) atoms. The molecule has 7 rings (SSSR count). The fourth-order valence-corrected chi connectivity index (χ4v) is 4.65. The zero-order valence-electron chi connectivity index (χ0n) is 18.1. The van der Waals surface area contributed by atoms with Crippen molar-refractivity contribution in [1.82, 2.24) is 20.4 Å². The first kappa shape index (κ1) is 21.5. The molecule has 0 radical (unpaired) electrons. The monoisotopic (exact) mass is 411 g/mol. The third-order valence-corrected chi connectivity index (χ3v) is 6.24. The largest absolute Gasteiger partial charge is 0.381 e. The first-order valence-corrected chi connectivity index (χ1v) is 11.5. The van der Waals surface area contributed by atoms with Crippen LogP contribution in [0.2, 0.25) is 0 Å². The van der Waals surface area contributed by atoms with Crippen molar-refractivity contribution in [3.05, 3.63) is 58.8 Å². The molecule has 4 bridgehead atoms. The molecule has 6 heterocycles. The van der Waals surface area contributed by atoms with Gasteiger partial charge in [-0.25, -0.2) is 0 Å². The normalized spacial score (nSPS) is 24.8. The predicted octanol–water partition coefficient (Wildman–Crippen LogP) is 1.62. The maximum atomic E-state index is 6.21. The van der Waals surface area contributed by atoms with Crippen molar-refractivity contribution in [3.63, 3.8) is 0 Å². The second-order valence-corrected chi connectivity index (χ2v) is 8.42. The van der Waals surface area contributed by atoms with E-state index in [2.05, 4.69) is 56.9 Å². The molecule has 6 nitrogen and oxygen atoms in total. The number of nitrogens with one attached hydrogen (secondary N) is 2. The molecule has 6 aliphatic heterocycles. The van der Waals surface area contributed by atoms with E-state index >= 15 is 0 Å². The van der Waals surface area contributed by atoms with Crippen LogP contribution in [0, 0.1) is 0 Å². The molecule has 1 saturated heterocycles. The second-order valence-electron chi connectivity index (χ2n) is 8.42. The van der Waals surface area contributed by atoms with E-state index in [0.29, 0.717) is 6.54 Å². The molecular formula is C24H37N5O. The van der Waals surface area contributed by atoms with E-state index in [0.717, 1.165) is 78.3 Å². The lowest BCUT2D eigenvalue weighted by atomic mass is 9.95. The summed E-state index contributed by atoms with van der Waals surface area (Å²) in [5.41, 5.74) is 11.6. The Bertz CT molecular complexity index is 716. The van der Waals surface area contributed by atoms with E-state index < -0.39 is 0 Å². The average Bonchev–Trinajstić information content (AvgIpc) is 2.79. The summed E-state index contributed by atoms with van der Waals surface area (Å²) < 4.78 is 5.88. The van der Waals surface area contributed by atoms with Gasteiger partial charge in [-0.05, 0) is 48.6 Å². The zero-order chi connectivity index (χ0) is 20.6. The van der Waals surface area contributed by atoms with E-state index in [1.807, 2.05) is 0 Å². The molecule has 164 valence electrons. The summed E-state index contributed by atoms with van der Waals surface area (Å²) in [5.74, 6) is 0. The van der Waals surface area contributed by atoms with Crippen molar-refractivity contribution in [3.8, 4) is 0 Å². The molecule has 6 aliphatic rings. The van der Waals surface area contributed by atoms with Gasteiger partial charge in [0.1, 0.15) is 6.17 Å². The Kier molecular flexibility index (Phi) is 7.94. The molecule has 4 N–H and O–H groups in total. The molecule has 6 heteroatoms. The Morgan fingerprint density at radius 3 is 2.60 bits per heavy atom. The van der Waals surface area contributed by atoms with Gasteiger partial charge in [-0.2, -0.15) is 0 Å². The van der Waals surface area contributed by atoms with Crippen molar-refractivity contribution < 1.29 is 4.74 Å². The SMILES string of the molecule is NCC1=CC2=CCN1C(N1CCCOCCCNCCNCC1)c1ccc(cc1)C2. The highest BCUT2D eigenvalue weighted by Crippen LogP contribution is 2.33. The number of hydrogen-bond acceptors (Lipinski definition) is 6. The van der Waals surface area contributed by atoms with Crippen LogP contribution in [0.25, 0.3) is 0 Å². The Morgan fingerprint density at radius 1 is 0.967 bits per heavy atom. The summed E-state index contributed by atoms with van der Waals surface area (Å²) in [6.45, 7) is 9.18. The number of allylic oxidation sites excluding steroid dienone is 2. The van der Waals surface area contributed by atoms with Crippen LogP contribution in [-0.2, 0) is 11.2 Å². The van der Waals surface area contributed by atoms with E-state index in [1.54, 1.807) is 0 Å². The van der Waals surface area contributed by atoms with E-state index in [1.165, 1.54) is 22.4 Å². The summed E-state index contributed by atoms with van der Waals surface area (Å²) in [4.78, 5) is 5.10. The molecule has 1 atom stereocenters. The van der Waals surface area contributed by atoms with Crippen LogP contribution in [0.5, 0.6) is 0 Å². The zero-order valence-corrected chi connectivity index (χ0v) is 18.1. The second kappa shape index (κ2) is 11.1. The first-order chi connectivity index (χ1) is 14.8. The van der Waals surface area contributed by atoms with Gasteiger partial charge in [-0.1, -0.05) is 30.3 Å². The Morgan fingerprint density at radius 2 is 1.77 bits per heavy atom. The van der Waals surface area contributed by atoms with Gasteiger partial charge >= 0.3 is 0 Å². The van der Waals surface area contributed by atoms with Crippen LogP contribution < -0.4 is 16.4 Å². The molecule has 0 spiro atoms. The molecule has 1 aromatic carbocycles. The summed E-state index contributed by atoms with van der Waals surface area (Å²) in [6.07, 6.45) is 7.98. The Hall–Kier alpha value is -1.70. The van der Waals surface area contributed by atoms with Gasteiger partial charge in [0.2, 0.25) is 0 Å². The summed E-state index contributed by atoms with van der Waals surface area (Å²) in [5, 5.41) is 7.10. The highest BCUT2D eigenvalue weighted by atomic mass is 16.5. The smallest absolute Gasteiger partial charge is 0.108 e. The molecule has 0 saturated carbocycles. The Labute approximate surface area is 181 Å². The molecule has 0 amide bonds. The number of hydrogen-bond donors (Lipinski definition) is 3. The number of ether oxygens (including phenoxy) is 1. The first-order valence-electron chi connectivity index (χ1n) is 11.5. The van der Waals surface area contributed by atoms with Crippen LogP contribution in [0.4, 0.5) is 0 Å². The fraction of sp³-hybridized carbons (Fsp3) is 0.583. The lowest BCUT2D eigenvalue weighted by Gasteiger charge is -2.44. The lowest BCUT2D eigenvalue weighted by molar-refractivity contribution is 0.0558. The van der Waals surface area contributed by atoms with Crippen LogP contribution in [-0.4, -0.2) is 75.4 Å². The highest BCUT2D eigenvalue weighted by Gasteiger charge is 2.29. The molecule has 1 aromatic rings. The maximum Gasteiger partial charge on any atom is 0.108 e. The molecule has 1 fully saturated rings. The predicted molar refractivity (Wildman–Crippen MR) is 122 cm³/mol. The van der Waals surface area contributed by atoms with Crippen molar-refractivity contribution in [2.24, 2.45) is 5.73 Å². The topological polar surface area (TPSA) is 65.8 Å². The number of benzene rings is 1. The lowest BCUT2D eigenvalue weighted by Crippen LogP contribution is -2.46. The number of nitrogens with two attached hydrogens (primary N) is 1. The summed E-state index contributed by atoms with van der Waals surface area (Å²) in [7, 11) is 0. The van der Waals surface area contributed by atoms with E-state index in [4.69, 9.17) is 10.5 Å². The van der Waals surface area contributed by atoms with Crippen LogP contribution in [0.3, 0.4) is 0 Å². The van der Waals surface area contributed by atoms with Crippen LogP contribution >= 0.6 is 0 Å². The van der Waals surface area contributed by atoms with Crippen LogP contribution in [0.1, 0.15) is 30.1 Å². The van der Waals surface area contributed by atoms with Crippen molar-refractivity contribution in [2.45, 2.75) is 25.4 Å². The van der Waals surface area contributed by atoms with Crippen molar-refractivity contribution in [1.29, 1.82) is 0 Å². The van der Waals surface area contributed by atoms with Gasteiger partial charge in [0.15, 0.2) is 0 Å². The summed E-state index contributed by atoms with van der Waals surface area (Å²) >= 11 is 0. The fourth-order valence-electron chi connectivity index (χ4n) is 4.65. The van der Waals surface area contributed by atoms with Gasteiger partial charge in [0.25, 0.3) is 0 Å². The average molecular weight is 412 g/mol. The van der Waals surface area contributed by atoms with Crippen molar-refractivity contribution >= 4 is 0 Å². The standard InChI is InChI=1S/C24H37N5O/c25-19-23-18-21-7-13-29(23)24(22-5-3-20(17-21)4-6-22)28-12-2-16-30-15-1-8-26-9-10-27-11-14-28/h3-7,18,24,26-27H,1-2,8-17,19,25H2. The highest BCUT2D eigenvalue weighted by molar-refractivity contribution is 5.38. The molecule has 1 unspecified atom stereocenters. The van der Waals surface area contributed by atoms with E-state index in [-0.39, 0.29) is 6.17 Å². The summed E-state index contributed by atoms with van der Waals surface area (Å²) in [6, 6.07) is 9.21. The van der Waals surface area contributed by atoms with Gasteiger partial charge in [0, 0.05) is 64.7 Å². The van der Waals surface area contributed by atoms with Crippen LogP contribution in [0.15, 0.2) is 47.7 Å². The Balaban J connectivity index is 1.58. The molecule has 0 aromatic heterocycles. The molecular weight excluding hydrogens is 374 g/mol. The minimum atomic E-state index is 0.192. The number of nitrogens with zero attached hydrogens (tertiary/aromatic N) is 2. The third-order valence-electron chi connectivity index (χ3n) is 6.24. The number of rotatable bonds is 2. The van der Waals surface area contributed by atoms with Gasteiger partial charge in [0.05, 0.1) is 0 Å². The molecule has 0 aliphatic carbocycles.